The molecular weight excluding hydrogens is 454 g/mol. The molecule has 1 aromatic carbocycles. The summed E-state index contributed by atoms with van der Waals surface area (Å²) in [5.41, 5.74) is -1.00. The number of ether oxygens (including phenoxy) is 4. The molecule has 2 atom stereocenters. The maximum atomic E-state index is 13.5. The van der Waals surface area contributed by atoms with E-state index in [1.807, 2.05) is 0 Å². The number of hydrogen-bond acceptors (Lipinski definition) is 9. The van der Waals surface area contributed by atoms with E-state index in [1.54, 1.807) is 13.0 Å². The van der Waals surface area contributed by atoms with Crippen molar-refractivity contribution in [3.8, 4) is 17.2 Å². The van der Waals surface area contributed by atoms with Gasteiger partial charge in [0.2, 0.25) is 22.9 Å². The van der Waals surface area contributed by atoms with Gasteiger partial charge in [0.25, 0.3) is 0 Å². The Morgan fingerprint density at radius 2 is 1.94 bits per heavy atom. The Labute approximate surface area is 194 Å². The van der Waals surface area contributed by atoms with E-state index in [0.29, 0.717) is 17.9 Å². The number of benzene rings is 1. The Morgan fingerprint density at radius 1 is 1.21 bits per heavy atom. The first-order valence-corrected chi connectivity index (χ1v) is 10.5. The smallest absolute Gasteiger partial charge is 0.373 e. The van der Waals surface area contributed by atoms with E-state index < -0.39 is 29.1 Å². The lowest BCUT2D eigenvalue weighted by Gasteiger charge is -2.35. The maximum absolute atomic E-state index is 13.5. The number of carbonyl (C=O) groups excluding carboxylic acids is 3. The first-order valence-electron chi connectivity index (χ1n) is 10.1. The van der Waals surface area contributed by atoms with Crippen molar-refractivity contribution in [2.75, 3.05) is 21.3 Å². The van der Waals surface area contributed by atoms with Crippen LogP contribution in [0.15, 0.2) is 34.4 Å². The van der Waals surface area contributed by atoms with Crippen molar-refractivity contribution in [1.29, 1.82) is 0 Å². The summed E-state index contributed by atoms with van der Waals surface area (Å²) in [6.45, 7) is 2.00. The van der Waals surface area contributed by atoms with Crippen LogP contribution in [0.5, 0.6) is 17.2 Å². The summed E-state index contributed by atoms with van der Waals surface area (Å²) in [5, 5.41) is 3.22. The van der Waals surface area contributed by atoms with Gasteiger partial charge in [-0.1, -0.05) is 18.5 Å². The molecule has 2 heterocycles. The number of hydrogen-bond donors (Lipinski definition) is 1. The molecule has 2 aliphatic rings. The van der Waals surface area contributed by atoms with Gasteiger partial charge in [-0.25, -0.2) is 4.79 Å². The molecule has 0 amide bonds. The third-order valence-corrected chi connectivity index (χ3v) is 6.21. The van der Waals surface area contributed by atoms with E-state index in [0.717, 1.165) is 0 Å². The lowest BCUT2D eigenvalue weighted by Crippen LogP contribution is -2.55. The van der Waals surface area contributed by atoms with Crippen LogP contribution in [0.4, 0.5) is 0 Å². The van der Waals surface area contributed by atoms with Crippen molar-refractivity contribution < 1.29 is 37.7 Å². The summed E-state index contributed by atoms with van der Waals surface area (Å²) < 4.78 is 26.6. The number of ketones is 2. The van der Waals surface area contributed by atoms with Gasteiger partial charge in [-0.2, -0.15) is 0 Å². The highest BCUT2D eigenvalue weighted by Gasteiger charge is 2.60. The molecule has 1 N–H and O–H groups in total. The predicted octanol–water partition coefficient (Wildman–Crippen LogP) is 3.33. The fourth-order valence-corrected chi connectivity index (χ4v) is 4.40. The van der Waals surface area contributed by atoms with Gasteiger partial charge >= 0.3 is 5.97 Å². The quantitative estimate of drug-likeness (QED) is 0.496. The van der Waals surface area contributed by atoms with Crippen LogP contribution in [0.2, 0.25) is 5.02 Å². The van der Waals surface area contributed by atoms with E-state index in [9.17, 15) is 14.4 Å². The van der Waals surface area contributed by atoms with Crippen LogP contribution in [-0.4, -0.2) is 44.5 Å². The number of allylic oxidation sites excluding steroid dienone is 1. The Kier molecular flexibility index (Phi) is 5.84. The zero-order chi connectivity index (χ0) is 23.9. The topological polar surface area (TPSA) is 113 Å². The fraction of sp³-hybridized carbons (Fsp3) is 0.348. The number of carbonyl (C=O) groups is 3. The monoisotopic (exact) mass is 475 g/mol. The van der Waals surface area contributed by atoms with Gasteiger partial charge in [0, 0.05) is 23.8 Å². The molecule has 10 heteroatoms. The maximum Gasteiger partial charge on any atom is 0.373 e. The zero-order valence-corrected chi connectivity index (χ0v) is 19.2. The molecule has 1 aliphatic heterocycles. The molecule has 2 aromatic rings. The zero-order valence-electron chi connectivity index (χ0n) is 18.4. The van der Waals surface area contributed by atoms with Gasteiger partial charge < -0.3 is 28.7 Å². The molecule has 0 radical (unpaired) electrons. The number of methoxy groups -OCH3 is 3. The Balaban J connectivity index is 1.59. The van der Waals surface area contributed by atoms with E-state index in [4.69, 9.17) is 30.2 Å². The second-order valence-electron chi connectivity index (χ2n) is 7.72. The third kappa shape index (κ3) is 3.52. The second-order valence-corrected chi connectivity index (χ2v) is 8.09. The molecule has 0 fully saturated rings. The average Bonchev–Trinajstić information content (AvgIpc) is 3.40. The van der Waals surface area contributed by atoms with Crippen molar-refractivity contribution in [2.45, 2.75) is 25.5 Å². The average molecular weight is 476 g/mol. The first kappa shape index (κ1) is 22.7. The van der Waals surface area contributed by atoms with Crippen molar-refractivity contribution in [3.63, 3.8) is 0 Å². The van der Waals surface area contributed by atoms with Crippen molar-refractivity contribution >= 4 is 29.1 Å². The molecule has 0 bridgehead atoms. The molecule has 33 heavy (non-hydrogen) atoms. The van der Waals surface area contributed by atoms with Gasteiger partial charge in [-0.05, 0) is 18.6 Å². The molecule has 2 unspecified atom stereocenters. The van der Waals surface area contributed by atoms with Crippen molar-refractivity contribution in [1.82, 2.24) is 5.32 Å². The molecule has 0 saturated heterocycles. The SMILES string of the molecule is COC(=O)c1ccc(CNC2=CC(=O)C3(Oc4c(Cl)c(OC)cc(OC)c4C3=O)C(C)C2)o1. The number of rotatable bonds is 6. The number of esters is 1. The molecule has 9 nitrogen and oxygen atoms in total. The van der Waals surface area contributed by atoms with Crippen LogP contribution < -0.4 is 19.5 Å². The van der Waals surface area contributed by atoms with Crippen molar-refractivity contribution in [2.24, 2.45) is 5.92 Å². The number of nitrogens with one attached hydrogen (secondary N) is 1. The summed E-state index contributed by atoms with van der Waals surface area (Å²) >= 11 is 6.39. The molecule has 1 spiro atoms. The fourth-order valence-electron chi connectivity index (χ4n) is 4.14. The summed E-state index contributed by atoms with van der Waals surface area (Å²) in [7, 11) is 4.11. The third-order valence-electron chi connectivity index (χ3n) is 5.85. The Bertz CT molecular complexity index is 1180. The normalized spacial score (nSPS) is 21.4. The summed E-state index contributed by atoms with van der Waals surface area (Å²) in [6.07, 6.45) is 1.71. The second kappa shape index (κ2) is 8.47. The van der Waals surface area contributed by atoms with Gasteiger partial charge in [-0.3, -0.25) is 9.59 Å². The summed E-state index contributed by atoms with van der Waals surface area (Å²) in [6, 6.07) is 4.64. The van der Waals surface area contributed by atoms with Crippen LogP contribution in [0.3, 0.4) is 0 Å². The molecule has 1 aromatic heterocycles. The standard InChI is InChI=1S/C23H22ClNO8/c1-11-7-12(25-10-13-5-6-14(32-13)22(28)31-4)8-17(26)23(11)21(27)18-15(29-2)9-16(30-3)19(24)20(18)33-23/h5-6,8-9,11,25H,7,10H2,1-4H3. The van der Waals surface area contributed by atoms with Crippen LogP contribution in [0, 0.1) is 5.92 Å². The highest BCUT2D eigenvalue weighted by Crippen LogP contribution is 2.52. The van der Waals surface area contributed by atoms with Gasteiger partial charge in [-0.15, -0.1) is 0 Å². The van der Waals surface area contributed by atoms with Gasteiger partial charge in [0.1, 0.15) is 27.8 Å². The Hall–Kier alpha value is -3.46. The molecule has 174 valence electrons. The number of Topliss-reactive ketones (excluding diaryl/α,β-unsaturated/α-hetero) is 1. The number of halogens is 1. The summed E-state index contributed by atoms with van der Waals surface area (Å²) in [5.74, 6) is -0.945. The molecular formula is C23H22ClNO8. The number of fused-ring (bicyclic) bond motifs is 1. The van der Waals surface area contributed by atoms with Gasteiger partial charge in [0.15, 0.2) is 5.75 Å². The lowest BCUT2D eigenvalue weighted by atomic mass is 9.74. The minimum Gasteiger partial charge on any atom is -0.496 e. The Morgan fingerprint density at radius 3 is 2.58 bits per heavy atom. The highest BCUT2D eigenvalue weighted by molar-refractivity contribution is 6.36. The largest absolute Gasteiger partial charge is 0.496 e. The number of furan rings is 1. The summed E-state index contributed by atoms with van der Waals surface area (Å²) in [4.78, 5) is 38.3. The first-order chi connectivity index (χ1) is 15.8. The lowest BCUT2D eigenvalue weighted by molar-refractivity contribution is -0.129. The minimum atomic E-state index is -1.74. The van der Waals surface area contributed by atoms with Crippen molar-refractivity contribution in [3.05, 3.63) is 52.1 Å². The van der Waals surface area contributed by atoms with E-state index in [1.165, 1.54) is 39.5 Å². The molecule has 4 rings (SSSR count). The molecule has 0 saturated carbocycles. The van der Waals surface area contributed by atoms with Crippen LogP contribution >= 0.6 is 11.6 Å². The van der Waals surface area contributed by atoms with Crippen LogP contribution in [-0.2, 0) is 16.1 Å². The van der Waals surface area contributed by atoms with E-state index in [-0.39, 0.29) is 40.1 Å². The predicted molar refractivity (Wildman–Crippen MR) is 116 cm³/mol. The van der Waals surface area contributed by atoms with Crippen LogP contribution in [0.25, 0.3) is 0 Å². The van der Waals surface area contributed by atoms with E-state index in [2.05, 4.69) is 10.1 Å². The molecule has 1 aliphatic carbocycles. The van der Waals surface area contributed by atoms with E-state index >= 15 is 0 Å². The van der Waals surface area contributed by atoms with Gasteiger partial charge in [0.05, 0.1) is 27.9 Å². The van der Waals surface area contributed by atoms with Crippen LogP contribution in [0.1, 0.15) is 40.0 Å². The minimum absolute atomic E-state index is 0.0776. The highest BCUT2D eigenvalue weighted by atomic mass is 35.5.